The number of nitrogens with zero attached hydrogens (tertiary/aromatic N) is 1. The van der Waals surface area contributed by atoms with Gasteiger partial charge in [-0.15, -0.1) is 0 Å². The predicted octanol–water partition coefficient (Wildman–Crippen LogP) is 3.45. The van der Waals surface area contributed by atoms with Crippen LogP contribution in [0.15, 0.2) is 53.5 Å². The third kappa shape index (κ3) is 2.86. The Morgan fingerprint density at radius 2 is 1.96 bits per heavy atom. The van der Waals surface area contributed by atoms with Crippen LogP contribution in [0.3, 0.4) is 0 Å². The number of carbonyl (C=O) groups excluding carboxylic acids is 1. The Kier molecular flexibility index (Phi) is 4.27. The van der Waals surface area contributed by atoms with Crippen molar-refractivity contribution >= 4 is 34.1 Å². The van der Waals surface area contributed by atoms with E-state index in [9.17, 15) is 9.59 Å². The fourth-order valence-corrected chi connectivity index (χ4v) is 2.89. The normalized spacial score (nSPS) is 10.6. The maximum absolute atomic E-state index is 12.6. The van der Waals surface area contributed by atoms with Crippen molar-refractivity contribution in [3.63, 3.8) is 0 Å². The lowest BCUT2D eigenvalue weighted by Crippen LogP contribution is -2.23. The summed E-state index contributed by atoms with van der Waals surface area (Å²) in [6, 6.07) is 12.0. The molecule has 0 saturated carbocycles. The van der Waals surface area contributed by atoms with E-state index < -0.39 is 5.91 Å². The number of anilines is 1. The first-order valence-electron chi connectivity index (χ1n) is 7.24. The van der Waals surface area contributed by atoms with Crippen LogP contribution in [0.5, 0.6) is 5.75 Å². The van der Waals surface area contributed by atoms with E-state index in [1.807, 2.05) is 0 Å². The second-order valence-electron chi connectivity index (χ2n) is 5.30. The highest BCUT2D eigenvalue weighted by Gasteiger charge is 2.16. The summed E-state index contributed by atoms with van der Waals surface area (Å²) in [4.78, 5) is 25.1. The van der Waals surface area contributed by atoms with Crippen molar-refractivity contribution in [2.24, 2.45) is 7.05 Å². The number of halogens is 1. The van der Waals surface area contributed by atoms with Crippen molar-refractivity contribution in [3.8, 4) is 5.75 Å². The van der Waals surface area contributed by atoms with Crippen LogP contribution in [0.4, 0.5) is 5.69 Å². The molecular formula is C18H15ClN2O3. The van der Waals surface area contributed by atoms with Crippen LogP contribution in [-0.2, 0) is 7.05 Å². The summed E-state index contributed by atoms with van der Waals surface area (Å²) in [5.41, 5.74) is 0.843. The maximum Gasteiger partial charge on any atom is 0.261 e. The van der Waals surface area contributed by atoms with Crippen LogP contribution in [-0.4, -0.2) is 17.6 Å². The minimum Gasteiger partial charge on any atom is -0.497 e. The van der Waals surface area contributed by atoms with Gasteiger partial charge in [-0.25, -0.2) is 0 Å². The van der Waals surface area contributed by atoms with Crippen molar-refractivity contribution in [1.82, 2.24) is 4.57 Å². The fraction of sp³-hybridized carbons (Fsp3) is 0.111. The highest BCUT2D eigenvalue weighted by molar-refractivity contribution is 6.35. The molecule has 0 radical (unpaired) electrons. The summed E-state index contributed by atoms with van der Waals surface area (Å²) in [7, 11) is 3.29. The summed E-state index contributed by atoms with van der Waals surface area (Å²) in [6.45, 7) is 0. The SMILES string of the molecule is COc1cccc(NC(=O)c2cn(C)c3c(Cl)cccc3c2=O)c1. The molecule has 0 bridgehead atoms. The third-order valence-corrected chi connectivity index (χ3v) is 4.03. The van der Waals surface area contributed by atoms with Gasteiger partial charge >= 0.3 is 0 Å². The van der Waals surface area contributed by atoms with E-state index in [4.69, 9.17) is 16.3 Å². The second-order valence-corrected chi connectivity index (χ2v) is 5.71. The van der Waals surface area contributed by atoms with Crippen molar-refractivity contribution in [3.05, 3.63) is 69.5 Å². The molecule has 0 aliphatic heterocycles. The summed E-state index contributed by atoms with van der Waals surface area (Å²) >= 11 is 6.16. The van der Waals surface area contributed by atoms with Crippen LogP contribution in [0.2, 0.25) is 5.02 Å². The van der Waals surface area contributed by atoms with E-state index in [0.29, 0.717) is 27.4 Å². The van der Waals surface area contributed by atoms with E-state index in [-0.39, 0.29) is 11.0 Å². The number of para-hydroxylation sites is 1. The minimum absolute atomic E-state index is 0.0510. The highest BCUT2D eigenvalue weighted by atomic mass is 35.5. The molecule has 3 aromatic rings. The number of hydrogen-bond donors (Lipinski definition) is 1. The van der Waals surface area contributed by atoms with Gasteiger partial charge in [0, 0.05) is 30.4 Å². The van der Waals surface area contributed by atoms with Crippen LogP contribution in [0.1, 0.15) is 10.4 Å². The van der Waals surface area contributed by atoms with Crippen LogP contribution in [0.25, 0.3) is 10.9 Å². The van der Waals surface area contributed by atoms with Crippen LogP contribution in [0, 0.1) is 0 Å². The topological polar surface area (TPSA) is 60.3 Å². The largest absolute Gasteiger partial charge is 0.497 e. The molecule has 3 rings (SSSR count). The van der Waals surface area contributed by atoms with Gasteiger partial charge < -0.3 is 14.6 Å². The van der Waals surface area contributed by atoms with Crippen molar-refractivity contribution < 1.29 is 9.53 Å². The molecule has 1 amide bonds. The molecule has 1 heterocycles. The summed E-state index contributed by atoms with van der Waals surface area (Å²) < 4.78 is 6.80. The molecule has 0 unspecified atom stereocenters. The Morgan fingerprint density at radius 3 is 2.71 bits per heavy atom. The number of rotatable bonds is 3. The van der Waals surface area contributed by atoms with Gasteiger partial charge in [0.05, 0.1) is 17.6 Å². The number of pyridine rings is 1. The highest BCUT2D eigenvalue weighted by Crippen LogP contribution is 2.21. The fourth-order valence-electron chi connectivity index (χ4n) is 2.58. The Hall–Kier alpha value is -2.79. The first-order chi connectivity index (χ1) is 11.5. The average Bonchev–Trinajstić information content (AvgIpc) is 2.58. The zero-order valence-electron chi connectivity index (χ0n) is 13.2. The molecule has 24 heavy (non-hydrogen) atoms. The second kappa shape index (κ2) is 6.37. The standard InChI is InChI=1S/C18H15ClN2O3/c1-21-10-14(17(22)13-7-4-8-15(19)16(13)21)18(23)20-11-5-3-6-12(9-11)24-2/h3-10H,1-2H3,(H,20,23). The zero-order chi connectivity index (χ0) is 17.3. The summed E-state index contributed by atoms with van der Waals surface area (Å²) in [5.74, 6) is 0.136. The minimum atomic E-state index is -0.481. The monoisotopic (exact) mass is 342 g/mol. The van der Waals surface area contributed by atoms with Gasteiger partial charge in [0.1, 0.15) is 11.3 Å². The molecule has 2 aromatic carbocycles. The number of methoxy groups -OCH3 is 1. The van der Waals surface area contributed by atoms with Gasteiger partial charge in [-0.1, -0.05) is 23.7 Å². The van der Waals surface area contributed by atoms with Gasteiger partial charge in [-0.3, -0.25) is 9.59 Å². The number of carbonyl (C=O) groups is 1. The Labute approximate surface area is 143 Å². The number of fused-ring (bicyclic) bond motifs is 1. The molecule has 1 aromatic heterocycles. The van der Waals surface area contributed by atoms with Gasteiger partial charge in [0.2, 0.25) is 5.43 Å². The third-order valence-electron chi connectivity index (χ3n) is 3.72. The van der Waals surface area contributed by atoms with E-state index in [2.05, 4.69) is 5.32 Å². The lowest BCUT2D eigenvalue weighted by molar-refractivity contribution is 0.102. The molecule has 0 saturated heterocycles. The smallest absolute Gasteiger partial charge is 0.261 e. The van der Waals surface area contributed by atoms with Crippen molar-refractivity contribution in [1.29, 1.82) is 0 Å². The first kappa shape index (κ1) is 16.1. The maximum atomic E-state index is 12.6. The average molecular weight is 343 g/mol. The molecular weight excluding hydrogens is 328 g/mol. The van der Waals surface area contributed by atoms with Crippen molar-refractivity contribution in [2.45, 2.75) is 0 Å². The zero-order valence-corrected chi connectivity index (χ0v) is 13.9. The Balaban J connectivity index is 2.04. The Bertz CT molecular complexity index is 995. The van der Waals surface area contributed by atoms with Gasteiger partial charge in [-0.05, 0) is 24.3 Å². The molecule has 0 spiro atoms. The van der Waals surface area contributed by atoms with E-state index in [1.165, 1.54) is 6.20 Å². The molecule has 0 fully saturated rings. The van der Waals surface area contributed by atoms with Crippen molar-refractivity contribution in [2.75, 3.05) is 12.4 Å². The van der Waals surface area contributed by atoms with E-state index in [0.717, 1.165) is 0 Å². The number of aromatic nitrogens is 1. The van der Waals surface area contributed by atoms with Gasteiger partial charge in [-0.2, -0.15) is 0 Å². The van der Waals surface area contributed by atoms with Gasteiger partial charge in [0.25, 0.3) is 5.91 Å². The summed E-state index contributed by atoms with van der Waals surface area (Å²) in [5, 5.41) is 3.59. The van der Waals surface area contributed by atoms with Crippen LogP contribution < -0.4 is 15.5 Å². The number of hydrogen-bond acceptors (Lipinski definition) is 3. The Morgan fingerprint density at radius 1 is 1.21 bits per heavy atom. The first-order valence-corrected chi connectivity index (χ1v) is 7.62. The predicted molar refractivity (Wildman–Crippen MR) is 95.1 cm³/mol. The molecule has 6 heteroatoms. The van der Waals surface area contributed by atoms with E-state index in [1.54, 1.807) is 61.2 Å². The number of benzene rings is 2. The van der Waals surface area contributed by atoms with Crippen LogP contribution >= 0.6 is 11.6 Å². The number of aryl methyl sites for hydroxylation is 1. The molecule has 0 aliphatic carbocycles. The molecule has 0 aliphatic rings. The molecule has 0 atom stereocenters. The lowest BCUT2D eigenvalue weighted by atomic mass is 10.1. The van der Waals surface area contributed by atoms with Gasteiger partial charge in [0.15, 0.2) is 0 Å². The summed E-state index contributed by atoms with van der Waals surface area (Å²) in [6.07, 6.45) is 1.49. The quantitative estimate of drug-likeness (QED) is 0.793. The number of ether oxygens (including phenoxy) is 1. The number of amides is 1. The molecule has 1 N–H and O–H groups in total. The lowest BCUT2D eigenvalue weighted by Gasteiger charge is -2.11. The molecule has 5 nitrogen and oxygen atoms in total. The molecule has 122 valence electrons. The van der Waals surface area contributed by atoms with E-state index >= 15 is 0 Å². The number of nitrogens with one attached hydrogen (secondary N) is 1.